The number of aromatic nitrogens is 2. The summed E-state index contributed by atoms with van der Waals surface area (Å²) >= 11 is 0. The standard InChI is InChI=1S/C12H21N3O/c1-12(2,3)10-9(13)11(16)15(14-10)8-6-4-5-7-8/h8,14H,4-7,13H2,1-3H3. The molecule has 0 aliphatic heterocycles. The summed E-state index contributed by atoms with van der Waals surface area (Å²) < 4.78 is 1.74. The normalized spacial score (nSPS) is 18.2. The van der Waals surface area contributed by atoms with Gasteiger partial charge < -0.3 is 5.73 Å². The smallest absolute Gasteiger partial charge is 0.290 e. The first-order valence-electron chi connectivity index (χ1n) is 6.01. The second-order valence-electron chi connectivity index (χ2n) is 5.76. The predicted octanol–water partition coefficient (Wildman–Crippen LogP) is 2.17. The van der Waals surface area contributed by atoms with E-state index in [1.165, 1.54) is 12.8 Å². The highest BCUT2D eigenvalue weighted by atomic mass is 16.1. The van der Waals surface area contributed by atoms with Gasteiger partial charge >= 0.3 is 0 Å². The van der Waals surface area contributed by atoms with Crippen molar-refractivity contribution in [2.24, 2.45) is 0 Å². The Bertz CT molecular complexity index is 430. The fourth-order valence-corrected chi connectivity index (χ4v) is 2.46. The first kappa shape index (κ1) is 11.3. The molecule has 0 spiro atoms. The molecule has 0 amide bonds. The van der Waals surface area contributed by atoms with Crippen LogP contribution >= 0.6 is 0 Å². The van der Waals surface area contributed by atoms with Crippen LogP contribution in [0.15, 0.2) is 4.79 Å². The van der Waals surface area contributed by atoms with E-state index in [1.807, 2.05) is 0 Å². The molecular formula is C12H21N3O. The van der Waals surface area contributed by atoms with Gasteiger partial charge in [0.05, 0.1) is 11.7 Å². The summed E-state index contributed by atoms with van der Waals surface area (Å²) in [4.78, 5) is 12.0. The topological polar surface area (TPSA) is 63.8 Å². The van der Waals surface area contributed by atoms with Gasteiger partial charge in [-0.3, -0.25) is 9.89 Å². The maximum atomic E-state index is 12.0. The van der Waals surface area contributed by atoms with Gasteiger partial charge in [0, 0.05) is 5.41 Å². The van der Waals surface area contributed by atoms with Crippen molar-refractivity contribution < 1.29 is 0 Å². The van der Waals surface area contributed by atoms with E-state index in [-0.39, 0.29) is 11.0 Å². The summed E-state index contributed by atoms with van der Waals surface area (Å²) in [5, 5.41) is 3.21. The van der Waals surface area contributed by atoms with Crippen LogP contribution in [0, 0.1) is 0 Å². The minimum atomic E-state index is -0.104. The number of nitrogens with one attached hydrogen (secondary N) is 1. The van der Waals surface area contributed by atoms with Crippen LogP contribution in [0.25, 0.3) is 0 Å². The van der Waals surface area contributed by atoms with E-state index in [0.717, 1.165) is 18.5 Å². The van der Waals surface area contributed by atoms with Crippen molar-refractivity contribution in [1.82, 2.24) is 9.78 Å². The van der Waals surface area contributed by atoms with Crippen molar-refractivity contribution in [3.8, 4) is 0 Å². The second kappa shape index (κ2) is 3.68. The lowest BCUT2D eigenvalue weighted by Crippen LogP contribution is -2.21. The highest BCUT2D eigenvalue weighted by Gasteiger charge is 2.26. The summed E-state index contributed by atoms with van der Waals surface area (Å²) in [7, 11) is 0. The van der Waals surface area contributed by atoms with Crippen molar-refractivity contribution in [1.29, 1.82) is 0 Å². The molecule has 1 aliphatic carbocycles. The number of aromatic amines is 1. The minimum absolute atomic E-state index is 0.0446. The molecule has 1 fully saturated rings. The highest BCUT2D eigenvalue weighted by molar-refractivity contribution is 5.44. The zero-order valence-corrected chi connectivity index (χ0v) is 10.3. The SMILES string of the molecule is CC(C)(C)c1[nH]n(C2CCCC2)c(=O)c1N. The number of anilines is 1. The molecule has 2 rings (SSSR count). The Labute approximate surface area is 95.8 Å². The number of hydrogen-bond acceptors (Lipinski definition) is 2. The molecule has 3 N–H and O–H groups in total. The average Bonchev–Trinajstić information content (AvgIpc) is 2.75. The predicted molar refractivity (Wildman–Crippen MR) is 65.7 cm³/mol. The van der Waals surface area contributed by atoms with Gasteiger partial charge in [0.2, 0.25) is 0 Å². The molecule has 0 saturated heterocycles. The van der Waals surface area contributed by atoms with E-state index in [2.05, 4.69) is 25.9 Å². The molecule has 4 heteroatoms. The molecule has 90 valence electrons. The van der Waals surface area contributed by atoms with Crippen LogP contribution in [0.2, 0.25) is 0 Å². The molecule has 0 bridgehead atoms. The number of hydrogen-bond donors (Lipinski definition) is 2. The maximum Gasteiger partial charge on any atom is 0.290 e. The molecule has 0 unspecified atom stereocenters. The van der Waals surface area contributed by atoms with E-state index in [4.69, 9.17) is 5.73 Å². The molecule has 1 saturated carbocycles. The second-order valence-corrected chi connectivity index (χ2v) is 5.76. The monoisotopic (exact) mass is 223 g/mol. The quantitative estimate of drug-likeness (QED) is 0.766. The zero-order valence-electron chi connectivity index (χ0n) is 10.3. The van der Waals surface area contributed by atoms with Gasteiger partial charge in [0.1, 0.15) is 5.69 Å². The van der Waals surface area contributed by atoms with Gasteiger partial charge in [0.25, 0.3) is 5.56 Å². The van der Waals surface area contributed by atoms with Crippen molar-refractivity contribution >= 4 is 5.69 Å². The Morgan fingerprint density at radius 2 is 1.88 bits per heavy atom. The number of rotatable bonds is 1. The largest absolute Gasteiger partial charge is 0.393 e. The Kier molecular flexibility index (Phi) is 2.60. The number of nitrogens with zero attached hydrogens (tertiary/aromatic N) is 1. The van der Waals surface area contributed by atoms with Crippen molar-refractivity contribution in [2.45, 2.75) is 57.9 Å². The molecule has 4 nitrogen and oxygen atoms in total. The molecule has 16 heavy (non-hydrogen) atoms. The van der Waals surface area contributed by atoms with Crippen LogP contribution in [0.5, 0.6) is 0 Å². The summed E-state index contributed by atoms with van der Waals surface area (Å²) in [5.74, 6) is 0. The Morgan fingerprint density at radius 1 is 1.31 bits per heavy atom. The molecule has 0 atom stereocenters. The van der Waals surface area contributed by atoms with Crippen LogP contribution in [-0.2, 0) is 5.41 Å². The fourth-order valence-electron chi connectivity index (χ4n) is 2.46. The van der Waals surface area contributed by atoms with E-state index < -0.39 is 0 Å². The van der Waals surface area contributed by atoms with Gasteiger partial charge in [-0.25, -0.2) is 4.68 Å². The molecule has 1 aromatic heterocycles. The van der Waals surface area contributed by atoms with Gasteiger partial charge in [-0.15, -0.1) is 0 Å². The lowest BCUT2D eigenvalue weighted by Gasteiger charge is -2.17. The van der Waals surface area contributed by atoms with Crippen molar-refractivity contribution in [2.75, 3.05) is 5.73 Å². The van der Waals surface area contributed by atoms with Crippen LogP contribution in [0.3, 0.4) is 0 Å². The summed E-state index contributed by atoms with van der Waals surface area (Å²) in [6, 6.07) is 0.325. The van der Waals surface area contributed by atoms with Crippen LogP contribution in [0.4, 0.5) is 5.69 Å². The molecule has 1 aromatic rings. The van der Waals surface area contributed by atoms with Crippen LogP contribution in [0.1, 0.15) is 58.2 Å². The third-order valence-corrected chi connectivity index (χ3v) is 3.39. The average molecular weight is 223 g/mol. The van der Waals surface area contributed by atoms with Gasteiger partial charge in [0.15, 0.2) is 0 Å². The molecule has 0 aromatic carbocycles. The Hall–Kier alpha value is -1.19. The van der Waals surface area contributed by atoms with E-state index in [1.54, 1.807) is 4.68 Å². The minimum Gasteiger partial charge on any atom is -0.393 e. The van der Waals surface area contributed by atoms with E-state index in [9.17, 15) is 4.79 Å². The lowest BCUT2D eigenvalue weighted by atomic mass is 9.91. The molecule has 1 aliphatic rings. The van der Waals surface area contributed by atoms with Crippen molar-refractivity contribution in [3.63, 3.8) is 0 Å². The van der Waals surface area contributed by atoms with Crippen LogP contribution in [-0.4, -0.2) is 9.78 Å². The molecule has 1 heterocycles. The first-order valence-corrected chi connectivity index (χ1v) is 6.01. The Balaban J connectivity index is 2.45. The Morgan fingerprint density at radius 3 is 2.31 bits per heavy atom. The van der Waals surface area contributed by atoms with Gasteiger partial charge in [-0.05, 0) is 12.8 Å². The third kappa shape index (κ3) is 1.77. The molecule has 0 radical (unpaired) electrons. The van der Waals surface area contributed by atoms with Gasteiger partial charge in [-0.1, -0.05) is 33.6 Å². The molecular weight excluding hydrogens is 202 g/mol. The number of nitrogens with two attached hydrogens (primary N) is 1. The number of H-pyrrole nitrogens is 1. The van der Waals surface area contributed by atoms with Gasteiger partial charge in [-0.2, -0.15) is 0 Å². The lowest BCUT2D eigenvalue weighted by molar-refractivity contribution is 0.439. The maximum absolute atomic E-state index is 12.0. The van der Waals surface area contributed by atoms with Crippen LogP contribution < -0.4 is 11.3 Å². The summed E-state index contributed by atoms with van der Waals surface area (Å²) in [6.45, 7) is 6.19. The first-order chi connectivity index (χ1) is 7.41. The fraction of sp³-hybridized carbons (Fsp3) is 0.750. The van der Waals surface area contributed by atoms with E-state index >= 15 is 0 Å². The van der Waals surface area contributed by atoms with E-state index in [0.29, 0.717) is 11.7 Å². The number of nitrogen functional groups attached to an aromatic ring is 1. The zero-order chi connectivity index (χ0) is 11.9. The summed E-state index contributed by atoms with van der Waals surface area (Å²) in [6.07, 6.45) is 4.59. The van der Waals surface area contributed by atoms with Crippen molar-refractivity contribution in [3.05, 3.63) is 16.0 Å². The third-order valence-electron chi connectivity index (χ3n) is 3.39. The summed E-state index contributed by atoms with van der Waals surface area (Å²) in [5.41, 5.74) is 7.00. The highest BCUT2D eigenvalue weighted by Crippen LogP contribution is 2.30.